The highest BCUT2D eigenvalue weighted by Gasteiger charge is 2.25. The number of carbonyl (C=O) groups excluding carboxylic acids is 2. The normalized spacial score (nSPS) is 12.7. The number of hydrogen-bond acceptors (Lipinski definition) is 5. The molecular weight excluding hydrogens is 272 g/mol. The van der Waals surface area contributed by atoms with Crippen molar-refractivity contribution in [2.45, 2.75) is 40.0 Å². The van der Waals surface area contributed by atoms with Crippen LogP contribution >= 0.6 is 0 Å². The summed E-state index contributed by atoms with van der Waals surface area (Å²) in [6.07, 6.45) is 1.64. The maximum Gasteiger partial charge on any atom is 0.276 e. The molecule has 1 atom stereocenters. The van der Waals surface area contributed by atoms with Crippen LogP contribution in [0.3, 0.4) is 0 Å². The number of ether oxygens (including phenoxy) is 1. The van der Waals surface area contributed by atoms with Crippen LogP contribution in [0.25, 0.3) is 0 Å². The lowest BCUT2D eigenvalue weighted by Crippen LogP contribution is -2.22. The smallest absolute Gasteiger partial charge is 0.276 e. The second-order valence-corrected chi connectivity index (χ2v) is 6.04. The SMILES string of the molecule is COc1ncc(C(=O)NO)cc1[C@H](C)CC(=O)C(C)(C)C. The summed E-state index contributed by atoms with van der Waals surface area (Å²) >= 11 is 0. The first-order valence-corrected chi connectivity index (χ1v) is 6.72. The van der Waals surface area contributed by atoms with Crippen LogP contribution in [0.1, 0.15) is 56.0 Å². The number of amides is 1. The van der Waals surface area contributed by atoms with Gasteiger partial charge in [-0.25, -0.2) is 10.5 Å². The summed E-state index contributed by atoms with van der Waals surface area (Å²) in [5, 5.41) is 8.68. The molecule has 0 aliphatic carbocycles. The molecular formula is C15H22N2O4. The van der Waals surface area contributed by atoms with E-state index in [0.717, 1.165) is 0 Å². The molecule has 2 N–H and O–H groups in total. The minimum atomic E-state index is -0.652. The fourth-order valence-corrected chi connectivity index (χ4v) is 1.88. The summed E-state index contributed by atoms with van der Waals surface area (Å²) in [6.45, 7) is 7.48. The number of methoxy groups -OCH3 is 1. The third-order valence-corrected chi connectivity index (χ3v) is 3.29. The number of aromatic nitrogens is 1. The molecule has 1 rings (SSSR count). The molecule has 0 radical (unpaired) electrons. The van der Waals surface area contributed by atoms with Gasteiger partial charge in [0.2, 0.25) is 5.88 Å². The van der Waals surface area contributed by atoms with Gasteiger partial charge < -0.3 is 4.74 Å². The molecule has 0 saturated carbocycles. The Morgan fingerprint density at radius 1 is 1.43 bits per heavy atom. The Kier molecular flexibility index (Phi) is 5.43. The van der Waals surface area contributed by atoms with Gasteiger partial charge in [-0.3, -0.25) is 14.8 Å². The van der Waals surface area contributed by atoms with Gasteiger partial charge in [0, 0.05) is 23.6 Å². The summed E-state index contributed by atoms with van der Waals surface area (Å²) in [5.74, 6) is -0.306. The average Bonchev–Trinajstić information content (AvgIpc) is 2.44. The number of nitrogens with zero attached hydrogens (tertiary/aromatic N) is 1. The maximum atomic E-state index is 12.1. The van der Waals surface area contributed by atoms with Crippen LogP contribution < -0.4 is 10.2 Å². The number of hydroxylamine groups is 1. The van der Waals surface area contributed by atoms with Gasteiger partial charge in [-0.1, -0.05) is 27.7 Å². The predicted octanol–water partition coefficient (Wildman–Crippen LogP) is 2.32. The van der Waals surface area contributed by atoms with Crippen LogP contribution in [0.15, 0.2) is 12.3 Å². The molecule has 1 aromatic heterocycles. The predicted molar refractivity (Wildman–Crippen MR) is 77.5 cm³/mol. The molecule has 1 aromatic rings. The van der Waals surface area contributed by atoms with Crippen molar-refractivity contribution in [2.75, 3.05) is 7.11 Å². The average molecular weight is 294 g/mol. The minimum Gasteiger partial charge on any atom is -0.481 e. The lowest BCUT2D eigenvalue weighted by molar-refractivity contribution is -0.126. The second kappa shape index (κ2) is 6.67. The number of hydrogen-bond donors (Lipinski definition) is 2. The highest BCUT2D eigenvalue weighted by molar-refractivity contribution is 5.93. The molecule has 0 spiro atoms. The molecule has 6 heteroatoms. The van der Waals surface area contributed by atoms with E-state index in [1.165, 1.54) is 13.3 Å². The van der Waals surface area contributed by atoms with Crippen LogP contribution in [-0.2, 0) is 4.79 Å². The maximum absolute atomic E-state index is 12.1. The Hall–Kier alpha value is -1.95. The number of ketones is 1. The topological polar surface area (TPSA) is 88.5 Å². The Labute approximate surface area is 124 Å². The Bertz CT molecular complexity index is 535. The van der Waals surface area contributed by atoms with E-state index in [-0.39, 0.29) is 17.3 Å². The number of Topliss-reactive ketones (excluding diaryl/α,β-unsaturated/α-hetero) is 1. The van der Waals surface area contributed by atoms with Gasteiger partial charge >= 0.3 is 0 Å². The van der Waals surface area contributed by atoms with Gasteiger partial charge in [0.25, 0.3) is 5.91 Å². The Balaban J connectivity index is 3.09. The quantitative estimate of drug-likeness (QED) is 0.642. The van der Waals surface area contributed by atoms with E-state index >= 15 is 0 Å². The first kappa shape index (κ1) is 17.1. The lowest BCUT2D eigenvalue weighted by atomic mass is 9.83. The Morgan fingerprint density at radius 3 is 2.52 bits per heavy atom. The van der Waals surface area contributed by atoms with Gasteiger partial charge in [-0.05, 0) is 12.0 Å². The van der Waals surface area contributed by atoms with Gasteiger partial charge in [0.15, 0.2) is 0 Å². The van der Waals surface area contributed by atoms with Gasteiger partial charge in [-0.15, -0.1) is 0 Å². The van der Waals surface area contributed by atoms with Crippen LogP contribution in [0.5, 0.6) is 5.88 Å². The highest BCUT2D eigenvalue weighted by Crippen LogP contribution is 2.30. The molecule has 1 heterocycles. The summed E-state index contributed by atoms with van der Waals surface area (Å²) in [7, 11) is 1.48. The van der Waals surface area contributed by atoms with Gasteiger partial charge in [0.1, 0.15) is 5.78 Å². The third-order valence-electron chi connectivity index (χ3n) is 3.29. The summed E-state index contributed by atoms with van der Waals surface area (Å²) in [5.41, 5.74) is 2.02. The summed E-state index contributed by atoms with van der Waals surface area (Å²) in [4.78, 5) is 27.7. The van der Waals surface area contributed by atoms with Crippen molar-refractivity contribution in [2.24, 2.45) is 5.41 Å². The third kappa shape index (κ3) is 4.26. The van der Waals surface area contributed by atoms with Crippen LogP contribution in [0.2, 0.25) is 0 Å². The molecule has 0 saturated heterocycles. The van der Waals surface area contributed by atoms with E-state index in [9.17, 15) is 9.59 Å². The molecule has 0 unspecified atom stereocenters. The van der Waals surface area contributed by atoms with Crippen molar-refractivity contribution < 1.29 is 19.5 Å². The van der Waals surface area contributed by atoms with E-state index in [1.807, 2.05) is 27.7 Å². The van der Waals surface area contributed by atoms with Crippen LogP contribution in [-0.4, -0.2) is 29.0 Å². The zero-order valence-corrected chi connectivity index (χ0v) is 13.1. The molecule has 1 amide bonds. The molecule has 0 aromatic carbocycles. The molecule has 0 fully saturated rings. The van der Waals surface area contributed by atoms with Crippen molar-refractivity contribution >= 4 is 11.7 Å². The summed E-state index contributed by atoms with van der Waals surface area (Å²) in [6, 6.07) is 1.58. The molecule has 0 aliphatic rings. The van der Waals surface area contributed by atoms with E-state index in [1.54, 1.807) is 11.5 Å². The zero-order valence-electron chi connectivity index (χ0n) is 13.1. The van der Waals surface area contributed by atoms with Crippen LogP contribution in [0, 0.1) is 5.41 Å². The Morgan fingerprint density at radius 2 is 2.05 bits per heavy atom. The second-order valence-electron chi connectivity index (χ2n) is 6.04. The van der Waals surface area contributed by atoms with Crippen molar-refractivity contribution in [3.63, 3.8) is 0 Å². The zero-order chi connectivity index (χ0) is 16.2. The number of pyridine rings is 1. The van der Waals surface area contributed by atoms with Gasteiger partial charge in [-0.2, -0.15) is 0 Å². The fraction of sp³-hybridized carbons (Fsp3) is 0.533. The monoisotopic (exact) mass is 294 g/mol. The van der Waals surface area contributed by atoms with Crippen molar-refractivity contribution in [1.29, 1.82) is 0 Å². The fourth-order valence-electron chi connectivity index (χ4n) is 1.88. The minimum absolute atomic E-state index is 0.120. The van der Waals surface area contributed by atoms with E-state index < -0.39 is 11.3 Å². The van der Waals surface area contributed by atoms with Crippen molar-refractivity contribution in [3.05, 3.63) is 23.4 Å². The highest BCUT2D eigenvalue weighted by atomic mass is 16.5. The van der Waals surface area contributed by atoms with Crippen LogP contribution in [0.4, 0.5) is 0 Å². The lowest BCUT2D eigenvalue weighted by Gasteiger charge is -2.21. The van der Waals surface area contributed by atoms with E-state index in [2.05, 4.69) is 4.98 Å². The molecule has 0 aliphatic heterocycles. The molecule has 0 bridgehead atoms. The first-order chi connectivity index (χ1) is 9.70. The van der Waals surface area contributed by atoms with Crippen molar-refractivity contribution in [3.8, 4) is 5.88 Å². The largest absolute Gasteiger partial charge is 0.481 e. The standard InChI is InChI=1S/C15H22N2O4/c1-9(6-12(18)15(2,3)4)11-7-10(13(19)17-20)8-16-14(11)21-5/h7-9,20H,6H2,1-5H3,(H,17,19)/t9-/m1/s1. The van der Waals surface area contributed by atoms with E-state index in [4.69, 9.17) is 9.94 Å². The molecule has 21 heavy (non-hydrogen) atoms. The molecule has 6 nitrogen and oxygen atoms in total. The number of nitrogens with one attached hydrogen (secondary N) is 1. The number of rotatable bonds is 5. The number of carbonyl (C=O) groups is 2. The first-order valence-electron chi connectivity index (χ1n) is 6.72. The van der Waals surface area contributed by atoms with Crippen molar-refractivity contribution in [1.82, 2.24) is 10.5 Å². The summed E-state index contributed by atoms with van der Waals surface area (Å²) < 4.78 is 5.19. The van der Waals surface area contributed by atoms with Gasteiger partial charge in [0.05, 0.1) is 12.7 Å². The van der Waals surface area contributed by atoms with E-state index in [0.29, 0.717) is 17.9 Å². The molecule has 116 valence electrons.